The molecule has 2 saturated heterocycles. The number of aliphatic hydroxyl groups is 1. The summed E-state index contributed by atoms with van der Waals surface area (Å²) in [6, 6.07) is 0. The fraction of sp³-hybridized carbons (Fsp3) is 0.889. The van der Waals surface area contributed by atoms with Gasteiger partial charge in [0, 0.05) is 6.92 Å². The summed E-state index contributed by atoms with van der Waals surface area (Å²) < 4.78 is 23.2. The Balaban J connectivity index is 2.22. The Kier molecular flexibility index (Phi) is 6.09. The van der Waals surface area contributed by atoms with Crippen molar-refractivity contribution in [1.82, 2.24) is 5.32 Å². The molecule has 28 heavy (non-hydrogen) atoms. The molecule has 5 atom stereocenters. The van der Waals surface area contributed by atoms with Crippen molar-refractivity contribution in [2.24, 2.45) is 5.73 Å². The molecule has 0 bridgehead atoms. The molecule has 1 amide bonds. The Labute approximate surface area is 167 Å². The summed E-state index contributed by atoms with van der Waals surface area (Å²) in [6.45, 7) is 15.0. The van der Waals surface area contributed by atoms with E-state index in [9.17, 15) is 14.7 Å². The van der Waals surface area contributed by atoms with E-state index in [1.807, 2.05) is 0 Å². The zero-order chi connectivity index (χ0) is 21.7. The number of esters is 1. The topological polar surface area (TPSA) is 129 Å². The highest BCUT2D eigenvalue weighted by atomic mass is 28.4. The van der Waals surface area contributed by atoms with Gasteiger partial charge >= 0.3 is 5.97 Å². The van der Waals surface area contributed by atoms with Crippen LogP contribution in [0.15, 0.2) is 0 Å². The summed E-state index contributed by atoms with van der Waals surface area (Å²) in [5.74, 6) is -2.46. The van der Waals surface area contributed by atoms with E-state index in [0.717, 1.165) is 0 Å². The van der Waals surface area contributed by atoms with Crippen LogP contribution in [0.1, 0.15) is 41.5 Å². The minimum absolute atomic E-state index is 0.0147. The second-order valence-electron chi connectivity index (χ2n) is 9.58. The molecule has 4 N–H and O–H groups in total. The van der Waals surface area contributed by atoms with E-state index >= 15 is 0 Å². The predicted octanol–water partition coefficient (Wildman–Crippen LogP) is 0.606. The summed E-state index contributed by atoms with van der Waals surface area (Å²) in [6.07, 6.45) is -4.04. The van der Waals surface area contributed by atoms with Crippen LogP contribution >= 0.6 is 0 Å². The Morgan fingerprint density at radius 3 is 2.43 bits per heavy atom. The number of hydrogen-bond donors (Lipinski definition) is 3. The van der Waals surface area contributed by atoms with Gasteiger partial charge in [0.15, 0.2) is 20.2 Å². The number of fused-ring (bicyclic) bond motifs is 1. The summed E-state index contributed by atoms with van der Waals surface area (Å²) in [5, 5.41) is 13.1. The van der Waals surface area contributed by atoms with Gasteiger partial charge in [-0.15, -0.1) is 0 Å². The first-order valence-electron chi connectivity index (χ1n) is 9.46. The molecule has 0 aromatic heterocycles. The van der Waals surface area contributed by atoms with Crippen molar-refractivity contribution in [1.29, 1.82) is 0 Å². The molecule has 2 fully saturated rings. The fourth-order valence-corrected chi connectivity index (χ4v) is 4.12. The molecule has 2 aliphatic heterocycles. The normalized spacial score (nSPS) is 33.8. The summed E-state index contributed by atoms with van der Waals surface area (Å²) >= 11 is 0. The van der Waals surface area contributed by atoms with Gasteiger partial charge in [-0.3, -0.25) is 10.5 Å². The third kappa shape index (κ3) is 4.42. The molecule has 0 spiro atoms. The van der Waals surface area contributed by atoms with Crippen LogP contribution in [0, 0.1) is 0 Å². The van der Waals surface area contributed by atoms with Crippen LogP contribution in [-0.4, -0.2) is 67.8 Å². The third-order valence-electron chi connectivity index (χ3n) is 5.67. The second kappa shape index (κ2) is 7.33. The highest BCUT2D eigenvalue weighted by Crippen LogP contribution is 2.40. The Morgan fingerprint density at radius 1 is 1.36 bits per heavy atom. The minimum atomic E-state index is -2.11. The number of hydrogen-bond acceptors (Lipinski definition) is 8. The van der Waals surface area contributed by atoms with Gasteiger partial charge in [-0.1, -0.05) is 20.8 Å². The van der Waals surface area contributed by atoms with Crippen molar-refractivity contribution in [2.75, 3.05) is 6.61 Å². The summed E-state index contributed by atoms with van der Waals surface area (Å²) in [7, 11) is -2.11. The quantitative estimate of drug-likeness (QED) is 0.336. The monoisotopic (exact) mass is 418 g/mol. The molecular weight excluding hydrogens is 384 g/mol. The van der Waals surface area contributed by atoms with E-state index in [1.165, 1.54) is 6.92 Å². The van der Waals surface area contributed by atoms with Crippen LogP contribution in [0.3, 0.4) is 0 Å². The summed E-state index contributed by atoms with van der Waals surface area (Å²) in [5.41, 5.74) is 4.25. The molecule has 2 heterocycles. The van der Waals surface area contributed by atoms with Crippen molar-refractivity contribution in [3.05, 3.63) is 0 Å². The van der Waals surface area contributed by atoms with Gasteiger partial charge in [0.2, 0.25) is 11.6 Å². The Morgan fingerprint density at radius 2 is 1.93 bits per heavy atom. The first-order valence-corrected chi connectivity index (χ1v) is 12.4. The third-order valence-corrected chi connectivity index (χ3v) is 10.2. The fourth-order valence-electron chi connectivity index (χ4n) is 3.10. The molecule has 2 aliphatic rings. The number of nitrogens with one attached hydrogen (secondary N) is 1. The molecule has 0 aromatic rings. The lowest BCUT2D eigenvalue weighted by Crippen LogP contribution is -2.76. The SMILES string of the molecule is CC(=O)N[C@@]1(N)C(=O)O[C@H]([C@H](O)CO[Si](C)(C)C(C)(C)C)[C@@H]2OC(C)(C)O[C@@H]21. The van der Waals surface area contributed by atoms with Crippen molar-refractivity contribution >= 4 is 20.2 Å². The number of ether oxygens (including phenoxy) is 3. The van der Waals surface area contributed by atoms with E-state index in [-0.39, 0.29) is 11.6 Å². The Bertz CT molecular complexity index is 634. The van der Waals surface area contributed by atoms with E-state index in [4.69, 9.17) is 24.4 Å². The first-order chi connectivity index (χ1) is 12.5. The van der Waals surface area contributed by atoms with Gasteiger partial charge in [0.1, 0.15) is 18.3 Å². The predicted molar refractivity (Wildman–Crippen MR) is 104 cm³/mol. The summed E-state index contributed by atoms with van der Waals surface area (Å²) in [4.78, 5) is 24.2. The van der Waals surface area contributed by atoms with Gasteiger partial charge in [0.25, 0.3) is 0 Å². The lowest BCUT2D eigenvalue weighted by atomic mass is 9.90. The van der Waals surface area contributed by atoms with Crippen molar-refractivity contribution in [3.8, 4) is 0 Å². The minimum Gasteiger partial charge on any atom is -0.454 e. The molecule has 0 saturated carbocycles. The number of carbonyl (C=O) groups excluding carboxylic acids is 2. The standard InChI is InChI=1S/C18H34N2O7Si/c1-10(21)20-18(19)14-13(26-17(5,6)27-14)12(25-15(18)23)11(22)9-24-28(7,8)16(2,3)4/h11-14,22H,9,19H2,1-8H3,(H,20,21)/t11-,12-,13+,14+,18-/m1/s1. The number of aliphatic hydroxyl groups excluding tert-OH is 1. The van der Waals surface area contributed by atoms with Gasteiger partial charge in [-0.05, 0) is 32.0 Å². The van der Waals surface area contributed by atoms with E-state index in [2.05, 4.69) is 39.2 Å². The smallest absolute Gasteiger partial charge is 0.350 e. The van der Waals surface area contributed by atoms with E-state index < -0.39 is 56.1 Å². The van der Waals surface area contributed by atoms with Crippen molar-refractivity contribution < 1.29 is 33.3 Å². The maximum absolute atomic E-state index is 12.6. The van der Waals surface area contributed by atoms with E-state index in [0.29, 0.717) is 0 Å². The number of amides is 1. The molecule has 2 rings (SSSR count). The van der Waals surface area contributed by atoms with Crippen molar-refractivity contribution in [2.45, 2.75) is 95.5 Å². The zero-order valence-electron chi connectivity index (χ0n) is 18.0. The Hall–Kier alpha value is -1.04. The molecule has 10 heteroatoms. The second-order valence-corrected chi connectivity index (χ2v) is 14.4. The van der Waals surface area contributed by atoms with Crippen molar-refractivity contribution in [3.63, 3.8) is 0 Å². The first kappa shape index (κ1) is 23.2. The maximum atomic E-state index is 12.6. The molecule has 0 aromatic carbocycles. The largest absolute Gasteiger partial charge is 0.454 e. The number of nitrogens with two attached hydrogens (primary N) is 1. The van der Waals surface area contributed by atoms with Crippen LogP contribution < -0.4 is 11.1 Å². The average molecular weight is 419 g/mol. The van der Waals surface area contributed by atoms with Gasteiger partial charge in [-0.2, -0.15) is 0 Å². The molecule has 0 radical (unpaired) electrons. The van der Waals surface area contributed by atoms with Crippen LogP contribution in [0.5, 0.6) is 0 Å². The zero-order valence-corrected chi connectivity index (χ0v) is 19.0. The number of carbonyl (C=O) groups is 2. The van der Waals surface area contributed by atoms with Gasteiger partial charge in [0.05, 0.1) is 6.61 Å². The average Bonchev–Trinajstić information content (AvgIpc) is 2.83. The molecular formula is C18H34N2O7Si. The molecule has 0 unspecified atom stereocenters. The highest BCUT2D eigenvalue weighted by molar-refractivity contribution is 6.74. The lowest BCUT2D eigenvalue weighted by Gasteiger charge is -2.44. The molecule has 162 valence electrons. The van der Waals surface area contributed by atoms with Crippen LogP contribution in [0.2, 0.25) is 18.1 Å². The molecule has 9 nitrogen and oxygen atoms in total. The van der Waals surface area contributed by atoms with Gasteiger partial charge < -0.3 is 29.1 Å². The number of cyclic esters (lactones) is 1. The van der Waals surface area contributed by atoms with E-state index in [1.54, 1.807) is 13.8 Å². The molecule has 0 aliphatic carbocycles. The highest BCUT2D eigenvalue weighted by Gasteiger charge is 2.64. The van der Waals surface area contributed by atoms with Crippen LogP contribution in [0.25, 0.3) is 0 Å². The lowest BCUT2D eigenvalue weighted by molar-refractivity contribution is -0.198. The van der Waals surface area contributed by atoms with Crippen LogP contribution in [-0.2, 0) is 28.2 Å². The maximum Gasteiger partial charge on any atom is 0.350 e. The van der Waals surface area contributed by atoms with Gasteiger partial charge in [-0.25, -0.2) is 4.79 Å². The van der Waals surface area contributed by atoms with Crippen LogP contribution in [0.4, 0.5) is 0 Å². The number of rotatable bonds is 5.